The Bertz CT molecular complexity index is 447. The van der Waals surface area contributed by atoms with Gasteiger partial charge in [-0.15, -0.1) is 0 Å². The summed E-state index contributed by atoms with van der Waals surface area (Å²) in [6.45, 7) is 1.81. The van der Waals surface area contributed by atoms with Crippen molar-refractivity contribution < 1.29 is 4.74 Å². The topological polar surface area (TPSA) is 27.1 Å². The molecule has 3 rings (SSSR count). The molecule has 1 aromatic carbocycles. The average Bonchev–Trinajstić information content (AvgIpc) is 2.44. The van der Waals surface area contributed by atoms with Crippen LogP contribution in [0.2, 0.25) is 0 Å². The smallest absolute Gasteiger partial charge is 0.145 e. The lowest BCUT2D eigenvalue weighted by atomic mass is 10.3. The predicted molar refractivity (Wildman–Crippen MR) is 49.8 cm³/mol. The van der Waals surface area contributed by atoms with E-state index in [1.807, 2.05) is 24.5 Å². The van der Waals surface area contributed by atoms with Gasteiger partial charge in [-0.3, -0.25) is 0 Å². The van der Waals surface area contributed by atoms with E-state index in [9.17, 15) is 0 Å². The molecule has 0 unspecified atom stereocenters. The summed E-state index contributed by atoms with van der Waals surface area (Å²) in [4.78, 5) is 4.31. The zero-order valence-corrected chi connectivity index (χ0v) is 7.23. The van der Waals surface area contributed by atoms with Gasteiger partial charge in [-0.05, 0) is 18.6 Å². The Balaban J connectivity index is 2.40. The van der Waals surface area contributed by atoms with Crippen molar-refractivity contribution in [3.8, 4) is 5.75 Å². The van der Waals surface area contributed by atoms with Crippen LogP contribution in [0.25, 0.3) is 11.0 Å². The molecule has 0 fully saturated rings. The molecule has 2 aromatic rings. The summed E-state index contributed by atoms with van der Waals surface area (Å²) in [6.07, 6.45) is 2.95. The maximum Gasteiger partial charge on any atom is 0.145 e. The molecule has 1 aromatic heterocycles. The lowest BCUT2D eigenvalue weighted by Gasteiger charge is -2.02. The van der Waals surface area contributed by atoms with Gasteiger partial charge < -0.3 is 9.30 Å². The van der Waals surface area contributed by atoms with Crippen LogP contribution in [0.5, 0.6) is 5.75 Å². The summed E-state index contributed by atoms with van der Waals surface area (Å²) in [7, 11) is 0. The summed E-state index contributed by atoms with van der Waals surface area (Å²) in [5, 5.41) is 0. The highest BCUT2D eigenvalue weighted by atomic mass is 16.5. The third-order valence-electron chi connectivity index (χ3n) is 2.40. The summed E-state index contributed by atoms with van der Waals surface area (Å²) in [6, 6.07) is 6.01. The third kappa shape index (κ3) is 0.932. The number of ether oxygens (including phenoxy) is 1. The van der Waals surface area contributed by atoms with Crippen molar-refractivity contribution in [2.24, 2.45) is 0 Å². The van der Waals surface area contributed by atoms with Crippen molar-refractivity contribution in [1.82, 2.24) is 9.55 Å². The molecule has 3 heteroatoms. The molecule has 0 amide bonds. The predicted octanol–water partition coefficient (Wildman–Crippen LogP) is 1.82. The molecule has 66 valence electrons. The van der Waals surface area contributed by atoms with Crippen LogP contribution in [0.15, 0.2) is 24.5 Å². The van der Waals surface area contributed by atoms with E-state index in [0.29, 0.717) is 0 Å². The fraction of sp³-hybridized carbons (Fsp3) is 0.300. The van der Waals surface area contributed by atoms with Gasteiger partial charge in [-0.25, -0.2) is 4.98 Å². The Morgan fingerprint density at radius 1 is 1.38 bits per heavy atom. The van der Waals surface area contributed by atoms with Gasteiger partial charge in [0.1, 0.15) is 11.3 Å². The Morgan fingerprint density at radius 3 is 3.38 bits per heavy atom. The number of imidazole rings is 1. The van der Waals surface area contributed by atoms with Crippen LogP contribution in [-0.4, -0.2) is 16.2 Å². The molecule has 3 nitrogen and oxygen atoms in total. The fourth-order valence-electron chi connectivity index (χ4n) is 1.80. The molecule has 1 aliphatic heterocycles. The minimum atomic E-state index is 0.806. The van der Waals surface area contributed by atoms with Gasteiger partial charge in [-0.1, -0.05) is 6.07 Å². The Hall–Kier alpha value is -1.51. The zero-order valence-electron chi connectivity index (χ0n) is 7.23. The van der Waals surface area contributed by atoms with Crippen molar-refractivity contribution in [3.63, 3.8) is 0 Å². The largest absolute Gasteiger partial charge is 0.491 e. The maximum absolute atomic E-state index is 5.62. The lowest BCUT2D eigenvalue weighted by molar-refractivity contribution is 0.315. The molecule has 2 heterocycles. The summed E-state index contributed by atoms with van der Waals surface area (Å²) in [5.41, 5.74) is 2.17. The highest BCUT2D eigenvalue weighted by Gasteiger charge is 2.11. The number of benzene rings is 1. The van der Waals surface area contributed by atoms with E-state index < -0.39 is 0 Å². The van der Waals surface area contributed by atoms with Gasteiger partial charge in [0, 0.05) is 6.54 Å². The molecular formula is C10H10N2O. The quantitative estimate of drug-likeness (QED) is 0.609. The SMILES string of the molecule is c1cc2c3c(c1)ncn3CCCO2. The van der Waals surface area contributed by atoms with Gasteiger partial charge in [0.25, 0.3) is 0 Å². The van der Waals surface area contributed by atoms with Crippen molar-refractivity contribution in [2.75, 3.05) is 6.61 Å². The van der Waals surface area contributed by atoms with E-state index in [4.69, 9.17) is 4.74 Å². The molecule has 0 radical (unpaired) electrons. The van der Waals surface area contributed by atoms with Gasteiger partial charge >= 0.3 is 0 Å². The van der Waals surface area contributed by atoms with Crippen LogP contribution in [0.3, 0.4) is 0 Å². The Kier molecular flexibility index (Phi) is 1.33. The standard InChI is InChI=1S/C10H10N2O/c1-3-8-10-9(4-1)13-6-2-5-12(10)7-11-8/h1,3-4,7H,2,5-6H2. The van der Waals surface area contributed by atoms with Crippen LogP contribution in [0.1, 0.15) is 6.42 Å². The molecule has 13 heavy (non-hydrogen) atoms. The van der Waals surface area contributed by atoms with Crippen LogP contribution in [0, 0.1) is 0 Å². The summed E-state index contributed by atoms with van der Waals surface area (Å²) >= 11 is 0. The number of hydrogen-bond donors (Lipinski definition) is 0. The van der Waals surface area contributed by atoms with Crippen LogP contribution < -0.4 is 4.74 Å². The van der Waals surface area contributed by atoms with Gasteiger partial charge in [0.15, 0.2) is 0 Å². The number of hydrogen-bond acceptors (Lipinski definition) is 2. The molecule has 0 saturated heterocycles. The first-order chi connectivity index (χ1) is 6.45. The molecule has 1 aliphatic rings. The van der Waals surface area contributed by atoms with E-state index in [1.54, 1.807) is 0 Å². The van der Waals surface area contributed by atoms with E-state index >= 15 is 0 Å². The summed E-state index contributed by atoms with van der Waals surface area (Å²) < 4.78 is 7.78. The Morgan fingerprint density at radius 2 is 2.38 bits per heavy atom. The van der Waals surface area contributed by atoms with E-state index in [2.05, 4.69) is 9.55 Å². The normalized spacial score (nSPS) is 15.4. The molecule has 0 atom stereocenters. The maximum atomic E-state index is 5.62. The van der Waals surface area contributed by atoms with E-state index in [1.165, 1.54) is 0 Å². The number of nitrogens with zero attached hydrogens (tertiary/aromatic N) is 2. The number of rotatable bonds is 0. The lowest BCUT2D eigenvalue weighted by Crippen LogP contribution is -1.97. The second-order valence-corrected chi connectivity index (χ2v) is 3.26. The highest BCUT2D eigenvalue weighted by molar-refractivity contribution is 5.82. The average molecular weight is 174 g/mol. The monoisotopic (exact) mass is 174 g/mol. The highest BCUT2D eigenvalue weighted by Crippen LogP contribution is 2.26. The van der Waals surface area contributed by atoms with Crippen LogP contribution in [-0.2, 0) is 6.54 Å². The minimum absolute atomic E-state index is 0.806. The van der Waals surface area contributed by atoms with Crippen molar-refractivity contribution in [1.29, 1.82) is 0 Å². The first-order valence-corrected chi connectivity index (χ1v) is 4.52. The van der Waals surface area contributed by atoms with Gasteiger partial charge in [0.2, 0.25) is 0 Å². The molecule has 0 saturated carbocycles. The first-order valence-electron chi connectivity index (χ1n) is 4.52. The number of para-hydroxylation sites is 1. The Labute approximate surface area is 76.0 Å². The molecule has 0 bridgehead atoms. The first kappa shape index (κ1) is 6.95. The van der Waals surface area contributed by atoms with Crippen molar-refractivity contribution >= 4 is 11.0 Å². The van der Waals surface area contributed by atoms with Gasteiger partial charge in [0.05, 0.1) is 18.5 Å². The summed E-state index contributed by atoms with van der Waals surface area (Å²) in [5.74, 6) is 0.965. The third-order valence-corrected chi connectivity index (χ3v) is 2.40. The molecular weight excluding hydrogens is 164 g/mol. The second-order valence-electron chi connectivity index (χ2n) is 3.26. The molecule has 0 N–H and O–H groups in total. The van der Waals surface area contributed by atoms with Crippen LogP contribution in [0.4, 0.5) is 0 Å². The molecule has 0 spiro atoms. The van der Waals surface area contributed by atoms with Crippen molar-refractivity contribution in [2.45, 2.75) is 13.0 Å². The zero-order chi connectivity index (χ0) is 8.67. The van der Waals surface area contributed by atoms with Crippen molar-refractivity contribution in [3.05, 3.63) is 24.5 Å². The second kappa shape index (κ2) is 2.49. The fourth-order valence-corrected chi connectivity index (χ4v) is 1.80. The number of aryl methyl sites for hydroxylation is 1. The minimum Gasteiger partial charge on any atom is -0.491 e. The van der Waals surface area contributed by atoms with E-state index in [0.717, 1.165) is 36.4 Å². The van der Waals surface area contributed by atoms with E-state index in [-0.39, 0.29) is 0 Å². The van der Waals surface area contributed by atoms with Crippen LogP contribution >= 0.6 is 0 Å². The van der Waals surface area contributed by atoms with Gasteiger partial charge in [-0.2, -0.15) is 0 Å². The number of aromatic nitrogens is 2. The molecule has 0 aliphatic carbocycles.